The summed E-state index contributed by atoms with van der Waals surface area (Å²) < 4.78 is 2.63. The van der Waals surface area contributed by atoms with Crippen molar-refractivity contribution in [1.82, 2.24) is 4.67 Å². The van der Waals surface area contributed by atoms with E-state index in [1.807, 2.05) is 0 Å². The average Bonchev–Trinajstić information content (AvgIpc) is 2.93. The molecule has 0 saturated carbocycles. The smallest absolute Gasteiger partial charge is 0.00376 e. The van der Waals surface area contributed by atoms with Gasteiger partial charge in [0.05, 0.1) is 0 Å². The van der Waals surface area contributed by atoms with Gasteiger partial charge in [-0.1, -0.05) is 52.2 Å². The van der Waals surface area contributed by atoms with E-state index in [1.165, 1.54) is 44.6 Å². The van der Waals surface area contributed by atoms with Crippen LogP contribution < -0.4 is 0 Å². The van der Waals surface area contributed by atoms with Gasteiger partial charge in [-0.05, 0) is 32.0 Å². The van der Waals surface area contributed by atoms with Crippen LogP contribution in [0.2, 0.25) is 0 Å². The molecule has 1 aliphatic heterocycles. The molecular formula is C14H28NP. The zero-order valence-electron chi connectivity index (χ0n) is 11.5. The van der Waals surface area contributed by atoms with E-state index in [0.717, 1.165) is 0 Å². The predicted octanol–water partition coefficient (Wildman–Crippen LogP) is 4.56. The molecule has 0 aliphatic carbocycles. The molecule has 0 spiro atoms. The zero-order valence-corrected chi connectivity index (χ0v) is 12.4. The lowest BCUT2D eigenvalue weighted by Crippen LogP contribution is -2.04. The molecule has 1 heterocycles. The molecule has 2 heteroatoms. The Morgan fingerprint density at radius 3 is 2.38 bits per heavy atom. The maximum Gasteiger partial charge on any atom is 0.00376 e. The highest BCUT2D eigenvalue weighted by molar-refractivity contribution is 7.80. The third-order valence-electron chi connectivity index (χ3n) is 3.28. The van der Waals surface area contributed by atoms with Gasteiger partial charge in [-0.15, -0.1) is 0 Å². The van der Waals surface area contributed by atoms with E-state index in [4.69, 9.17) is 0 Å². The SMILES string of the molecule is CC/C=C(/CCC)CP1(CCC)=CN1CC. The molecule has 0 N–H and O–H groups in total. The molecule has 0 fully saturated rings. The largest absolute Gasteiger partial charge is 0.258 e. The molecule has 16 heavy (non-hydrogen) atoms. The quantitative estimate of drug-likeness (QED) is 0.444. The van der Waals surface area contributed by atoms with Crippen molar-refractivity contribution < 1.29 is 0 Å². The van der Waals surface area contributed by atoms with Gasteiger partial charge >= 0.3 is 0 Å². The molecule has 0 bridgehead atoms. The topological polar surface area (TPSA) is 3.01 Å². The minimum atomic E-state index is -0.778. The van der Waals surface area contributed by atoms with Crippen molar-refractivity contribution in [2.24, 2.45) is 0 Å². The Balaban J connectivity index is 2.62. The van der Waals surface area contributed by atoms with Crippen molar-refractivity contribution in [2.45, 2.75) is 53.4 Å². The first-order valence-corrected chi connectivity index (χ1v) is 9.08. The third-order valence-corrected chi connectivity index (χ3v) is 7.35. The summed E-state index contributed by atoms with van der Waals surface area (Å²) in [4.78, 5) is 0. The van der Waals surface area contributed by atoms with E-state index < -0.39 is 7.04 Å². The molecule has 2 atom stereocenters. The number of nitrogens with zero attached hydrogens (tertiary/aromatic N) is 1. The Morgan fingerprint density at radius 1 is 1.19 bits per heavy atom. The Morgan fingerprint density at radius 2 is 1.94 bits per heavy atom. The molecule has 0 aromatic heterocycles. The van der Waals surface area contributed by atoms with E-state index in [2.05, 4.69) is 44.4 Å². The summed E-state index contributed by atoms with van der Waals surface area (Å²) in [5, 5.41) is 0. The Hall–Kier alpha value is -0.0000000000000000208. The summed E-state index contributed by atoms with van der Waals surface area (Å²) in [7, 11) is -0.778. The van der Waals surface area contributed by atoms with Crippen LogP contribution in [0, 0.1) is 0 Å². The van der Waals surface area contributed by atoms with Crippen molar-refractivity contribution >= 4 is 13.0 Å². The van der Waals surface area contributed by atoms with Crippen LogP contribution in [-0.4, -0.2) is 29.5 Å². The summed E-state index contributed by atoms with van der Waals surface area (Å²) >= 11 is 0. The van der Waals surface area contributed by atoms with Crippen molar-refractivity contribution in [2.75, 3.05) is 18.9 Å². The van der Waals surface area contributed by atoms with E-state index in [-0.39, 0.29) is 0 Å². The van der Waals surface area contributed by atoms with Crippen molar-refractivity contribution in [3.63, 3.8) is 0 Å². The second-order valence-electron chi connectivity index (χ2n) is 4.76. The molecule has 0 amide bonds. The van der Waals surface area contributed by atoms with E-state index in [1.54, 1.807) is 5.57 Å². The average molecular weight is 241 g/mol. The van der Waals surface area contributed by atoms with Gasteiger partial charge in [-0.25, -0.2) is 0 Å². The summed E-state index contributed by atoms with van der Waals surface area (Å²) in [6.07, 6.45) is 10.4. The first-order valence-electron chi connectivity index (χ1n) is 6.90. The number of rotatable bonds is 8. The fourth-order valence-corrected chi connectivity index (χ4v) is 6.75. The fourth-order valence-electron chi connectivity index (χ4n) is 2.58. The summed E-state index contributed by atoms with van der Waals surface area (Å²) in [6, 6.07) is 0. The van der Waals surface area contributed by atoms with Gasteiger partial charge in [0.1, 0.15) is 0 Å². The van der Waals surface area contributed by atoms with Gasteiger partial charge in [0.15, 0.2) is 0 Å². The van der Waals surface area contributed by atoms with Gasteiger partial charge in [0, 0.05) is 12.7 Å². The summed E-state index contributed by atoms with van der Waals surface area (Å²) in [5.41, 5.74) is 1.72. The minimum absolute atomic E-state index is 0.778. The van der Waals surface area contributed by atoms with Crippen molar-refractivity contribution in [3.8, 4) is 0 Å². The maximum absolute atomic E-state index is 2.63. The molecule has 0 aromatic carbocycles. The van der Waals surface area contributed by atoms with E-state index in [0.29, 0.717) is 0 Å². The Labute approximate surface area is 102 Å². The van der Waals surface area contributed by atoms with Gasteiger partial charge in [0.2, 0.25) is 0 Å². The van der Waals surface area contributed by atoms with Crippen LogP contribution >= 0.6 is 7.04 Å². The Kier molecular flexibility index (Phi) is 5.86. The van der Waals surface area contributed by atoms with Gasteiger partial charge in [-0.3, -0.25) is 4.67 Å². The van der Waals surface area contributed by atoms with Gasteiger partial charge < -0.3 is 0 Å². The molecule has 2 unspecified atom stereocenters. The molecule has 1 nitrogen and oxygen atoms in total. The second-order valence-corrected chi connectivity index (χ2v) is 8.24. The summed E-state index contributed by atoms with van der Waals surface area (Å²) in [5.74, 6) is 2.57. The van der Waals surface area contributed by atoms with Crippen molar-refractivity contribution in [1.29, 1.82) is 0 Å². The second kappa shape index (κ2) is 6.67. The van der Waals surface area contributed by atoms with Gasteiger partial charge in [-0.2, -0.15) is 0 Å². The first kappa shape index (κ1) is 14.1. The maximum atomic E-state index is 2.63. The number of hydrogen-bond donors (Lipinski definition) is 0. The Bertz CT molecular complexity index is 291. The molecule has 0 radical (unpaired) electrons. The first-order chi connectivity index (χ1) is 7.72. The van der Waals surface area contributed by atoms with Crippen LogP contribution in [0.4, 0.5) is 0 Å². The number of hydrogen-bond acceptors (Lipinski definition) is 1. The van der Waals surface area contributed by atoms with E-state index in [9.17, 15) is 0 Å². The highest BCUT2D eigenvalue weighted by atomic mass is 31.2. The molecule has 0 aromatic rings. The molecule has 1 aliphatic rings. The molecular weight excluding hydrogens is 213 g/mol. The fraction of sp³-hybridized carbons (Fsp3) is 0.786. The van der Waals surface area contributed by atoms with Crippen LogP contribution in [0.5, 0.6) is 0 Å². The standard InChI is InChI=1S/C14H28NP/c1-5-9-14(10-6-2)12-16(11-7-3)13-15(16)8-4/h9,13H,5-8,10-12H2,1-4H3/b14-9-. The van der Waals surface area contributed by atoms with Crippen LogP contribution in [0.3, 0.4) is 0 Å². The molecule has 1 rings (SSSR count). The molecule has 0 saturated heterocycles. The lowest BCUT2D eigenvalue weighted by molar-refractivity contribution is 0.750. The third kappa shape index (κ3) is 3.50. The van der Waals surface area contributed by atoms with E-state index >= 15 is 0 Å². The van der Waals surface area contributed by atoms with Gasteiger partial charge in [0.25, 0.3) is 0 Å². The number of allylic oxidation sites excluding steroid dienone is 2. The van der Waals surface area contributed by atoms with Crippen LogP contribution in [0.25, 0.3) is 0 Å². The predicted molar refractivity (Wildman–Crippen MR) is 78.7 cm³/mol. The highest BCUT2D eigenvalue weighted by Gasteiger charge is 2.34. The molecule has 94 valence electrons. The zero-order chi connectivity index (χ0) is 12.0. The lowest BCUT2D eigenvalue weighted by Gasteiger charge is -2.18. The normalized spacial score (nSPS) is 29.0. The highest BCUT2D eigenvalue weighted by Crippen LogP contribution is 2.62. The summed E-state index contributed by atoms with van der Waals surface area (Å²) in [6.45, 7) is 10.4. The van der Waals surface area contributed by atoms with Crippen LogP contribution in [0.1, 0.15) is 53.4 Å². The monoisotopic (exact) mass is 241 g/mol. The van der Waals surface area contributed by atoms with Crippen molar-refractivity contribution in [3.05, 3.63) is 11.6 Å². The van der Waals surface area contributed by atoms with Crippen LogP contribution in [0.15, 0.2) is 11.6 Å². The lowest BCUT2D eigenvalue weighted by atomic mass is 10.1. The van der Waals surface area contributed by atoms with Crippen LogP contribution in [-0.2, 0) is 0 Å². The minimum Gasteiger partial charge on any atom is -0.258 e.